The zero-order valence-electron chi connectivity index (χ0n) is 71.4. The quantitative estimate of drug-likeness (QED) is 0.112. The molecule has 15 rings (SSSR count). The van der Waals surface area contributed by atoms with Crippen molar-refractivity contribution in [3.05, 3.63) is 283 Å². The van der Waals surface area contributed by atoms with E-state index in [1.807, 2.05) is 53.1 Å². The highest BCUT2D eigenvalue weighted by Gasteiger charge is 2.28. The molecule has 5 heteroatoms. The molecule has 396 valence electrons. The molecular weight excluding hydrogens is 1010 g/mol. The van der Waals surface area contributed by atoms with Gasteiger partial charge < -0.3 is 4.74 Å². The topological polar surface area (TPSA) is 35.9 Å². The van der Waals surface area contributed by atoms with Gasteiger partial charge in [0.2, 0.25) is 0 Å². The van der Waals surface area contributed by atoms with Crippen LogP contribution >= 0.6 is 0 Å². The minimum Gasteiger partial charge on any atom is -0.458 e. The van der Waals surface area contributed by atoms with E-state index in [1.54, 1.807) is 36.5 Å². The lowest BCUT2D eigenvalue weighted by molar-refractivity contribution is -0.570. The van der Waals surface area contributed by atoms with Gasteiger partial charge in [0.15, 0.2) is 0 Å². The highest BCUT2D eigenvalue weighted by Crippen LogP contribution is 2.48. The third kappa shape index (κ3) is 8.55. The molecule has 0 N–H and O–H groups in total. The molecule has 0 amide bonds. The first-order valence-electron chi connectivity index (χ1n) is 39.9. The Morgan fingerprint density at radius 1 is 0.482 bits per heavy atom. The van der Waals surface area contributed by atoms with Crippen LogP contribution in [0.3, 0.4) is 0 Å². The van der Waals surface area contributed by atoms with Crippen molar-refractivity contribution >= 4 is 32.8 Å². The number of fused-ring (bicyclic) bond motifs is 10. The number of hydrogen-bond acceptors (Lipinski definition) is 2. The van der Waals surface area contributed by atoms with Crippen LogP contribution in [-0.2, 0) is 5.41 Å². The molecule has 5 nitrogen and oxygen atoms in total. The standard InChI is InChI=1S/C78H58N4O/c1-50-21-18-22-51(2)75(50)57-44-70-66-32-15-13-30-64(66)63-29-12-14-31-65(63)69-35-20-34-62(56-42-54(52-23-8-6-9-24-52)41-55(43-56)53-25-10-7-11-26-53)76(69)81-49-80(73(45-57)77(70)81)59-27-19-28-60(47-59)83-61-37-38-68-67-33-16-17-36-71(67)82(72(68)48-61)74-46-58(39-40-79-74)78(3,4)5/h6-48H,1-5H3/i1D3,2D3,6D,7D,8D,9D,10D,11D,12D,13D,14D,15D,23D,24D,25D,26D,29D,30D,31D,32D,41D,42D,43D. The second kappa shape index (κ2) is 19.7. The third-order valence-corrected chi connectivity index (χ3v) is 14.8. The maximum Gasteiger partial charge on any atom is 0.269 e. The number of hydrogen-bond donors (Lipinski definition) is 0. The maximum absolute atomic E-state index is 10.5. The molecule has 3 aromatic heterocycles. The normalized spacial score (nSPS) is 16.8. The lowest BCUT2D eigenvalue weighted by Crippen LogP contribution is -2.32. The number of imidazole rings is 1. The van der Waals surface area contributed by atoms with E-state index in [9.17, 15) is 20.6 Å². The van der Waals surface area contributed by atoms with E-state index in [2.05, 4.69) is 27.1 Å². The first-order valence-corrected chi connectivity index (χ1v) is 26.4. The second-order valence-corrected chi connectivity index (χ2v) is 20.9. The summed E-state index contributed by atoms with van der Waals surface area (Å²) in [5, 5.41) is 1.80. The number of rotatable bonds is 8. The first kappa shape index (κ1) is 28.9. The molecule has 0 atom stereocenters. The Hall–Kier alpha value is -10.4. The van der Waals surface area contributed by atoms with Crippen molar-refractivity contribution < 1.29 is 46.3 Å². The molecule has 14 aromatic rings. The fourth-order valence-electron chi connectivity index (χ4n) is 11.1. The molecule has 0 aliphatic carbocycles. The van der Waals surface area contributed by atoms with E-state index in [1.165, 1.54) is 57.7 Å². The van der Waals surface area contributed by atoms with Crippen LogP contribution in [0.5, 0.6) is 11.5 Å². The summed E-state index contributed by atoms with van der Waals surface area (Å²) in [5.74, 6) is 1.15. The van der Waals surface area contributed by atoms with Gasteiger partial charge in [-0.25, -0.2) is 4.98 Å². The highest BCUT2D eigenvalue weighted by molar-refractivity contribution is 6.10. The van der Waals surface area contributed by atoms with Crippen molar-refractivity contribution in [1.82, 2.24) is 14.1 Å². The number of para-hydroxylation sites is 2. The molecule has 0 saturated heterocycles. The van der Waals surface area contributed by atoms with Gasteiger partial charge in [-0.2, -0.15) is 0 Å². The minimum absolute atomic E-state index is 0.0922. The van der Waals surface area contributed by atoms with Crippen molar-refractivity contribution in [3.63, 3.8) is 0 Å². The summed E-state index contributed by atoms with van der Waals surface area (Å²) in [4.78, 5) is 4.84. The van der Waals surface area contributed by atoms with Gasteiger partial charge in [0.1, 0.15) is 17.3 Å². The average molecular weight is 1090 g/mol. The third-order valence-electron chi connectivity index (χ3n) is 14.8. The summed E-state index contributed by atoms with van der Waals surface area (Å²) in [7, 11) is 0. The predicted octanol–water partition coefficient (Wildman–Crippen LogP) is 19.9. The van der Waals surface area contributed by atoms with Crippen LogP contribution in [0.1, 0.15) is 74.5 Å². The number of aryl methyl sites for hydroxylation is 2. The van der Waals surface area contributed by atoms with E-state index in [0.29, 0.717) is 11.6 Å². The number of benzene rings is 11. The number of aromatic nitrogens is 4. The van der Waals surface area contributed by atoms with Gasteiger partial charge in [0, 0.05) is 31.3 Å². The van der Waals surface area contributed by atoms with Gasteiger partial charge >= 0.3 is 0 Å². The fourth-order valence-corrected chi connectivity index (χ4v) is 11.1. The van der Waals surface area contributed by atoms with Crippen LogP contribution in [0.25, 0.3) is 128 Å². The Bertz CT molecular complexity index is 6240. The smallest absolute Gasteiger partial charge is 0.269 e. The fraction of sp³-hybridized carbons (Fsp3) is 0.0769. The Labute approximate surface area is 522 Å². The number of ether oxygens (including phenoxy) is 1. The Balaban J connectivity index is 1.13. The van der Waals surface area contributed by atoms with Crippen LogP contribution < -0.4 is 9.30 Å². The number of nitrogens with zero attached hydrogens (tertiary/aromatic N) is 4. The van der Waals surface area contributed by atoms with Crippen molar-refractivity contribution in [3.8, 4) is 107 Å². The maximum atomic E-state index is 10.5. The molecule has 0 radical (unpaired) electrons. The lowest BCUT2D eigenvalue weighted by Gasteiger charge is -2.20. The molecule has 0 saturated carbocycles. The zero-order chi connectivity index (χ0) is 79.2. The second-order valence-electron chi connectivity index (χ2n) is 20.9. The zero-order valence-corrected chi connectivity index (χ0v) is 44.4. The molecule has 0 spiro atoms. The van der Waals surface area contributed by atoms with Crippen molar-refractivity contribution in [2.75, 3.05) is 0 Å². The van der Waals surface area contributed by atoms with E-state index in [4.69, 9.17) is 26.2 Å². The molecule has 1 aliphatic rings. The first-order chi connectivity index (χ1) is 51.8. The largest absolute Gasteiger partial charge is 0.458 e. The van der Waals surface area contributed by atoms with Crippen LogP contribution in [0.15, 0.2) is 260 Å². The SMILES string of the molecule is [2H]c1c([2H])c([2H])c(-c2c([2H])c(-c3cccc4c3-[n+]3[c-]n(-c5cccc(Oc6ccc7c8ccccc8n(-c8cc(C(C)(C)C)ccn8)c7c6)c5)c5cc(-c6c(C([2H])([2H])[2H])cccc6C([2H])([2H])[2H])cc(c53)-c3c([2H])c([2H])c([2H])c([2H])c3-c3c([2H])c([2H])c([2H])c([2H])c3-4)c([2H])c(-c3c([2H])c([2H])c([2H])c([2H])c3[2H])c2[2H])c([2H])c1[2H]. The summed E-state index contributed by atoms with van der Waals surface area (Å²) < 4.78 is 264. The molecule has 0 unspecified atom stereocenters. The monoisotopic (exact) mass is 1090 g/mol. The van der Waals surface area contributed by atoms with Crippen LogP contribution in [-0.4, -0.2) is 14.1 Å². The Morgan fingerprint density at radius 2 is 1.08 bits per heavy atom. The molecule has 4 heterocycles. The van der Waals surface area contributed by atoms with Gasteiger partial charge in [-0.05, 0) is 186 Å². The van der Waals surface area contributed by atoms with Crippen molar-refractivity contribution in [2.24, 2.45) is 0 Å². The number of pyridine rings is 1. The molecule has 1 aliphatic heterocycles. The molecule has 0 fully saturated rings. The van der Waals surface area contributed by atoms with E-state index >= 15 is 0 Å². The van der Waals surface area contributed by atoms with E-state index in [-0.39, 0.29) is 61.4 Å². The molecule has 0 bridgehead atoms. The van der Waals surface area contributed by atoms with Crippen LogP contribution in [0, 0.1) is 20.0 Å². The van der Waals surface area contributed by atoms with E-state index < -0.39 is 202 Å². The van der Waals surface area contributed by atoms with E-state index in [0.717, 1.165) is 27.4 Å². The summed E-state index contributed by atoms with van der Waals surface area (Å²) >= 11 is 0. The summed E-state index contributed by atoms with van der Waals surface area (Å²) in [6, 6.07) is 15.1. The lowest BCUT2D eigenvalue weighted by atomic mass is 9.87. The molecule has 11 aromatic carbocycles. The molecule has 83 heavy (non-hydrogen) atoms. The van der Waals surface area contributed by atoms with Crippen LogP contribution in [0.2, 0.25) is 0 Å². The highest BCUT2D eigenvalue weighted by atomic mass is 16.5. The van der Waals surface area contributed by atoms with Gasteiger partial charge in [0.05, 0.1) is 62.2 Å². The summed E-state index contributed by atoms with van der Waals surface area (Å²) in [6.07, 6.45) is 5.15. The van der Waals surface area contributed by atoms with Crippen molar-refractivity contribution in [2.45, 2.75) is 39.9 Å². The van der Waals surface area contributed by atoms with Gasteiger partial charge in [-0.15, -0.1) is 0 Å². The minimum atomic E-state index is -3.07. The Kier molecular flexibility index (Phi) is 6.86. The predicted molar refractivity (Wildman–Crippen MR) is 342 cm³/mol. The molecular formula is C78H58N4O. The summed E-state index contributed by atoms with van der Waals surface area (Å²) in [6.45, 7) is 0.155. The van der Waals surface area contributed by atoms with Gasteiger partial charge in [0.25, 0.3) is 6.33 Å². The van der Waals surface area contributed by atoms with Gasteiger partial charge in [-0.1, -0.05) is 196 Å². The van der Waals surface area contributed by atoms with Gasteiger partial charge in [-0.3, -0.25) is 13.7 Å². The summed E-state index contributed by atoms with van der Waals surface area (Å²) in [5.41, 5.74) is -6.49. The average Bonchev–Trinajstić information content (AvgIpc) is 1.48. The van der Waals surface area contributed by atoms with Crippen LogP contribution in [0.4, 0.5) is 0 Å². The Morgan fingerprint density at radius 3 is 1.78 bits per heavy atom. The van der Waals surface area contributed by atoms with Crippen molar-refractivity contribution in [1.29, 1.82) is 0 Å².